The van der Waals surface area contributed by atoms with Crippen molar-refractivity contribution in [2.24, 2.45) is 0 Å². The molecule has 0 N–H and O–H groups in total. The normalized spacial score (nSPS) is 11.4. The van der Waals surface area contributed by atoms with Gasteiger partial charge < -0.3 is 14.2 Å². The third kappa shape index (κ3) is 24.3. The van der Waals surface area contributed by atoms with Gasteiger partial charge in [0.15, 0.2) is 6.29 Å². The standard InChI is InChI=1S/C26H51BrO4/c1-3-5-7-9-12-17-23-30-26(31-24-18-13-10-8-6-4-2)20-19-25(28)29-22-16-14-11-15-21-27/h26H,3-24H2,1-2H3. The maximum Gasteiger partial charge on any atom is 0.305 e. The first-order valence-electron chi connectivity index (χ1n) is 13.2. The van der Waals surface area contributed by atoms with Crippen LogP contribution in [0.5, 0.6) is 0 Å². The molecule has 0 rings (SSSR count). The fraction of sp³-hybridized carbons (Fsp3) is 0.962. The lowest BCUT2D eigenvalue weighted by Crippen LogP contribution is -2.21. The number of esters is 1. The second-order valence-corrected chi connectivity index (χ2v) is 9.36. The maximum absolute atomic E-state index is 12.0. The summed E-state index contributed by atoms with van der Waals surface area (Å²) in [4.78, 5) is 12.0. The van der Waals surface area contributed by atoms with Gasteiger partial charge in [-0.05, 0) is 25.7 Å². The molecule has 31 heavy (non-hydrogen) atoms. The van der Waals surface area contributed by atoms with Gasteiger partial charge in [0.05, 0.1) is 13.0 Å². The molecule has 4 nitrogen and oxygen atoms in total. The number of alkyl halides is 1. The van der Waals surface area contributed by atoms with E-state index in [1.165, 1.54) is 77.0 Å². The van der Waals surface area contributed by atoms with Crippen LogP contribution in [0, 0.1) is 0 Å². The van der Waals surface area contributed by atoms with Crippen molar-refractivity contribution >= 4 is 21.9 Å². The summed E-state index contributed by atoms with van der Waals surface area (Å²) in [7, 11) is 0. The highest BCUT2D eigenvalue weighted by atomic mass is 79.9. The van der Waals surface area contributed by atoms with E-state index in [0.29, 0.717) is 19.4 Å². The van der Waals surface area contributed by atoms with E-state index in [1.807, 2.05) is 0 Å². The second kappa shape index (κ2) is 26.1. The second-order valence-electron chi connectivity index (χ2n) is 8.57. The molecule has 0 fully saturated rings. The van der Waals surface area contributed by atoms with Crippen LogP contribution in [-0.2, 0) is 19.0 Å². The van der Waals surface area contributed by atoms with Crippen molar-refractivity contribution in [2.75, 3.05) is 25.2 Å². The van der Waals surface area contributed by atoms with Gasteiger partial charge in [-0.3, -0.25) is 4.79 Å². The Hall–Kier alpha value is -0.130. The fourth-order valence-corrected chi connectivity index (χ4v) is 3.85. The Balaban J connectivity index is 3.99. The molecule has 0 aliphatic rings. The molecule has 5 heteroatoms. The molecule has 0 aromatic carbocycles. The van der Waals surface area contributed by atoms with Crippen molar-refractivity contribution in [3.63, 3.8) is 0 Å². The monoisotopic (exact) mass is 506 g/mol. The number of unbranched alkanes of at least 4 members (excludes halogenated alkanes) is 13. The topological polar surface area (TPSA) is 44.8 Å². The van der Waals surface area contributed by atoms with Crippen molar-refractivity contribution in [2.45, 2.75) is 136 Å². The number of carbonyl (C=O) groups excluding carboxylic acids is 1. The molecule has 0 bridgehead atoms. The van der Waals surface area contributed by atoms with Gasteiger partial charge in [-0.2, -0.15) is 0 Å². The average molecular weight is 508 g/mol. The van der Waals surface area contributed by atoms with Crippen molar-refractivity contribution < 1.29 is 19.0 Å². The Morgan fingerprint density at radius 2 is 1.10 bits per heavy atom. The number of ether oxygens (including phenoxy) is 3. The van der Waals surface area contributed by atoms with Crippen LogP contribution in [-0.4, -0.2) is 37.4 Å². The minimum atomic E-state index is -0.280. The van der Waals surface area contributed by atoms with Gasteiger partial charge in [0.2, 0.25) is 0 Å². The van der Waals surface area contributed by atoms with Crippen LogP contribution in [0.15, 0.2) is 0 Å². The van der Waals surface area contributed by atoms with Crippen molar-refractivity contribution in [1.82, 2.24) is 0 Å². The van der Waals surface area contributed by atoms with E-state index in [0.717, 1.165) is 44.2 Å². The largest absolute Gasteiger partial charge is 0.466 e. The summed E-state index contributed by atoms with van der Waals surface area (Å²) in [5, 5.41) is 1.05. The van der Waals surface area contributed by atoms with E-state index in [2.05, 4.69) is 29.8 Å². The third-order valence-electron chi connectivity index (χ3n) is 5.48. The molecule has 0 atom stereocenters. The Kier molecular flexibility index (Phi) is 26.0. The number of halogens is 1. The Morgan fingerprint density at radius 1 is 0.645 bits per heavy atom. The van der Waals surface area contributed by atoms with Crippen molar-refractivity contribution in [3.8, 4) is 0 Å². The molecule has 186 valence electrons. The molecule has 0 heterocycles. The third-order valence-corrected chi connectivity index (χ3v) is 6.04. The van der Waals surface area contributed by atoms with E-state index >= 15 is 0 Å². The van der Waals surface area contributed by atoms with Gasteiger partial charge in [0.25, 0.3) is 0 Å². The summed E-state index contributed by atoms with van der Waals surface area (Å²) in [5.74, 6) is -0.128. The molecule has 0 spiro atoms. The first-order chi connectivity index (χ1) is 15.2. The van der Waals surface area contributed by atoms with Gasteiger partial charge in [0.1, 0.15) is 0 Å². The summed E-state index contributed by atoms with van der Waals surface area (Å²) < 4.78 is 17.3. The van der Waals surface area contributed by atoms with Crippen molar-refractivity contribution in [1.29, 1.82) is 0 Å². The summed E-state index contributed by atoms with van der Waals surface area (Å²) in [5.41, 5.74) is 0. The van der Waals surface area contributed by atoms with Crippen LogP contribution in [0.2, 0.25) is 0 Å². The molecule has 0 aromatic heterocycles. The molecular formula is C26H51BrO4. The first-order valence-corrected chi connectivity index (χ1v) is 14.3. The minimum absolute atomic E-state index is 0.128. The number of hydrogen-bond donors (Lipinski definition) is 0. The molecule has 0 saturated carbocycles. The van der Waals surface area contributed by atoms with Crippen LogP contribution in [0.25, 0.3) is 0 Å². The number of rotatable bonds is 25. The number of hydrogen-bond acceptors (Lipinski definition) is 4. The molecule has 0 aliphatic heterocycles. The Morgan fingerprint density at radius 3 is 1.61 bits per heavy atom. The lowest BCUT2D eigenvalue weighted by atomic mass is 10.1. The molecule has 0 amide bonds. The van der Waals surface area contributed by atoms with Crippen LogP contribution >= 0.6 is 15.9 Å². The zero-order valence-corrected chi connectivity index (χ0v) is 22.2. The average Bonchev–Trinajstić information content (AvgIpc) is 2.77. The van der Waals surface area contributed by atoms with Crippen LogP contribution in [0.3, 0.4) is 0 Å². The van der Waals surface area contributed by atoms with E-state index in [4.69, 9.17) is 14.2 Å². The molecule has 0 radical (unpaired) electrons. The van der Waals surface area contributed by atoms with Crippen molar-refractivity contribution in [3.05, 3.63) is 0 Å². The lowest BCUT2D eigenvalue weighted by molar-refractivity contribution is -0.159. The maximum atomic E-state index is 12.0. The zero-order chi connectivity index (χ0) is 22.8. The molecule has 0 aromatic rings. The van der Waals surface area contributed by atoms with E-state index < -0.39 is 0 Å². The van der Waals surface area contributed by atoms with Gasteiger partial charge in [-0.1, -0.05) is 107 Å². The van der Waals surface area contributed by atoms with Gasteiger partial charge in [-0.15, -0.1) is 0 Å². The quantitative estimate of drug-likeness (QED) is 0.0539. The number of carbonyl (C=O) groups is 1. The summed E-state index contributed by atoms with van der Waals surface area (Å²) in [6, 6.07) is 0. The summed E-state index contributed by atoms with van der Waals surface area (Å²) >= 11 is 3.44. The van der Waals surface area contributed by atoms with Gasteiger partial charge >= 0.3 is 5.97 Å². The van der Waals surface area contributed by atoms with E-state index in [1.54, 1.807) is 0 Å². The fourth-order valence-electron chi connectivity index (χ4n) is 3.45. The highest BCUT2D eigenvalue weighted by molar-refractivity contribution is 9.09. The minimum Gasteiger partial charge on any atom is -0.466 e. The summed E-state index contributed by atoms with van der Waals surface area (Å²) in [6.45, 7) is 6.45. The first kappa shape index (κ1) is 30.9. The highest BCUT2D eigenvalue weighted by Gasteiger charge is 2.13. The van der Waals surface area contributed by atoms with Gasteiger partial charge in [0, 0.05) is 25.0 Å². The zero-order valence-electron chi connectivity index (χ0n) is 20.6. The van der Waals surface area contributed by atoms with E-state index in [-0.39, 0.29) is 12.3 Å². The predicted octanol–water partition coefficient (Wildman–Crippen LogP) is 8.35. The highest BCUT2D eigenvalue weighted by Crippen LogP contribution is 2.12. The molecule has 0 aliphatic carbocycles. The summed E-state index contributed by atoms with van der Waals surface area (Å²) in [6.07, 6.45) is 20.1. The smallest absolute Gasteiger partial charge is 0.305 e. The Labute approximate surface area is 201 Å². The Bertz CT molecular complexity index is 347. The predicted molar refractivity (Wildman–Crippen MR) is 135 cm³/mol. The van der Waals surface area contributed by atoms with Crippen LogP contribution in [0.1, 0.15) is 129 Å². The molecule has 0 unspecified atom stereocenters. The van der Waals surface area contributed by atoms with Crippen LogP contribution < -0.4 is 0 Å². The van der Waals surface area contributed by atoms with E-state index in [9.17, 15) is 4.79 Å². The lowest BCUT2D eigenvalue weighted by Gasteiger charge is -2.18. The SMILES string of the molecule is CCCCCCCCOC(CCC(=O)OCCCCCCBr)OCCCCCCCC. The molecular weight excluding hydrogens is 456 g/mol. The molecule has 0 saturated heterocycles. The van der Waals surface area contributed by atoms with Gasteiger partial charge in [-0.25, -0.2) is 0 Å². The van der Waals surface area contributed by atoms with Crippen LogP contribution in [0.4, 0.5) is 0 Å².